The molecule has 0 bridgehead atoms. The Balaban J connectivity index is 1.37. The molecule has 0 saturated carbocycles. The highest BCUT2D eigenvalue weighted by atomic mass is 16.5. The van der Waals surface area contributed by atoms with Crippen LogP contribution in [-0.4, -0.2) is 85.5 Å². The normalized spacial score (nSPS) is 23.0. The van der Waals surface area contributed by atoms with E-state index in [1.54, 1.807) is 6.92 Å². The van der Waals surface area contributed by atoms with Crippen LogP contribution in [0.15, 0.2) is 30.3 Å². The van der Waals surface area contributed by atoms with E-state index in [4.69, 9.17) is 4.74 Å². The van der Waals surface area contributed by atoms with Crippen molar-refractivity contribution in [3.8, 4) is 0 Å². The van der Waals surface area contributed by atoms with E-state index in [9.17, 15) is 9.59 Å². The molecule has 170 valence electrons. The van der Waals surface area contributed by atoms with Crippen LogP contribution in [0.5, 0.6) is 0 Å². The minimum absolute atomic E-state index is 0.107. The van der Waals surface area contributed by atoms with Gasteiger partial charge in [-0.2, -0.15) is 0 Å². The lowest BCUT2D eigenvalue weighted by Gasteiger charge is -2.45. The van der Waals surface area contributed by atoms with Crippen LogP contribution in [0.2, 0.25) is 0 Å². The maximum atomic E-state index is 13.9. The SMILES string of the molecule is CC(=O)N1CCC(C(=O)N2CCC(CCN3CCOCC3)CC2)(c2ccccc2)CC1. The molecule has 0 aromatic heterocycles. The number of piperidine rings is 2. The predicted octanol–water partition coefficient (Wildman–Crippen LogP) is 2.53. The van der Waals surface area contributed by atoms with Gasteiger partial charge in [0.1, 0.15) is 0 Å². The van der Waals surface area contributed by atoms with E-state index >= 15 is 0 Å². The number of hydrogen-bond acceptors (Lipinski definition) is 4. The third-order valence-corrected chi connectivity index (χ3v) is 7.66. The summed E-state index contributed by atoms with van der Waals surface area (Å²) in [4.78, 5) is 32.2. The molecular weight excluding hydrogens is 390 g/mol. The van der Waals surface area contributed by atoms with Gasteiger partial charge in [0.25, 0.3) is 0 Å². The number of amides is 2. The summed E-state index contributed by atoms with van der Waals surface area (Å²) in [6.07, 6.45) is 4.85. The summed E-state index contributed by atoms with van der Waals surface area (Å²) in [6.45, 7) is 9.62. The first-order chi connectivity index (χ1) is 15.1. The average Bonchev–Trinajstić information content (AvgIpc) is 2.84. The van der Waals surface area contributed by atoms with Crippen LogP contribution in [0.4, 0.5) is 0 Å². The first-order valence-corrected chi connectivity index (χ1v) is 12.0. The predicted molar refractivity (Wildman–Crippen MR) is 121 cm³/mol. The van der Waals surface area contributed by atoms with Crippen molar-refractivity contribution in [2.45, 2.75) is 44.4 Å². The van der Waals surface area contributed by atoms with Crippen LogP contribution in [0.25, 0.3) is 0 Å². The van der Waals surface area contributed by atoms with Crippen molar-refractivity contribution < 1.29 is 14.3 Å². The highest BCUT2D eigenvalue weighted by molar-refractivity contribution is 5.89. The molecule has 3 saturated heterocycles. The Kier molecular flexibility index (Phi) is 7.28. The molecule has 0 radical (unpaired) electrons. The molecule has 1 aromatic carbocycles. The van der Waals surface area contributed by atoms with Crippen LogP contribution in [0.1, 0.15) is 44.6 Å². The van der Waals surface area contributed by atoms with E-state index in [-0.39, 0.29) is 11.8 Å². The molecule has 6 heteroatoms. The first kappa shape index (κ1) is 22.3. The zero-order valence-corrected chi connectivity index (χ0v) is 18.9. The molecule has 0 unspecified atom stereocenters. The fourth-order valence-electron chi connectivity index (χ4n) is 5.50. The van der Waals surface area contributed by atoms with Crippen molar-refractivity contribution in [2.75, 3.05) is 59.0 Å². The van der Waals surface area contributed by atoms with Gasteiger partial charge in [-0.15, -0.1) is 0 Å². The van der Waals surface area contributed by atoms with Gasteiger partial charge in [-0.3, -0.25) is 14.5 Å². The number of carbonyl (C=O) groups excluding carboxylic acids is 2. The third-order valence-electron chi connectivity index (χ3n) is 7.66. The van der Waals surface area contributed by atoms with Crippen molar-refractivity contribution in [1.82, 2.24) is 14.7 Å². The molecule has 0 atom stereocenters. The zero-order valence-electron chi connectivity index (χ0n) is 18.9. The lowest BCUT2D eigenvalue weighted by Crippen LogP contribution is -2.55. The van der Waals surface area contributed by atoms with Gasteiger partial charge >= 0.3 is 0 Å². The van der Waals surface area contributed by atoms with Crippen LogP contribution in [0, 0.1) is 5.92 Å². The minimum atomic E-state index is -0.492. The van der Waals surface area contributed by atoms with E-state index in [1.165, 1.54) is 6.42 Å². The van der Waals surface area contributed by atoms with Crippen LogP contribution in [0.3, 0.4) is 0 Å². The molecule has 4 rings (SSSR count). The molecule has 1 aromatic rings. The Morgan fingerprint density at radius 2 is 1.58 bits per heavy atom. The number of ether oxygens (including phenoxy) is 1. The van der Waals surface area contributed by atoms with Crippen LogP contribution in [-0.2, 0) is 19.7 Å². The smallest absolute Gasteiger partial charge is 0.233 e. The van der Waals surface area contributed by atoms with Gasteiger partial charge in [0, 0.05) is 46.2 Å². The number of hydrogen-bond donors (Lipinski definition) is 0. The van der Waals surface area contributed by atoms with Crippen LogP contribution >= 0.6 is 0 Å². The topological polar surface area (TPSA) is 53.1 Å². The molecule has 3 heterocycles. The zero-order chi connectivity index (χ0) is 21.7. The standard InChI is InChI=1S/C25H37N3O3/c1-21(29)27-15-10-25(11-16-27,23-5-3-2-4-6-23)24(30)28-13-8-22(9-14-28)7-12-26-17-19-31-20-18-26/h2-6,22H,7-20H2,1H3. The maximum Gasteiger partial charge on any atom is 0.233 e. The third kappa shape index (κ3) is 5.12. The Morgan fingerprint density at radius 1 is 0.935 bits per heavy atom. The minimum Gasteiger partial charge on any atom is -0.379 e. The molecular formula is C25H37N3O3. The molecule has 0 spiro atoms. The van der Waals surface area contributed by atoms with Crippen molar-refractivity contribution in [1.29, 1.82) is 0 Å². The van der Waals surface area contributed by atoms with Gasteiger partial charge in [-0.1, -0.05) is 30.3 Å². The summed E-state index contributed by atoms with van der Waals surface area (Å²) in [6, 6.07) is 10.2. The van der Waals surface area contributed by atoms with E-state index < -0.39 is 5.41 Å². The van der Waals surface area contributed by atoms with Gasteiger partial charge in [0.15, 0.2) is 0 Å². The lowest BCUT2D eigenvalue weighted by atomic mass is 9.71. The number of carbonyl (C=O) groups is 2. The Labute approximate surface area is 186 Å². The van der Waals surface area contributed by atoms with E-state index in [0.717, 1.165) is 64.3 Å². The van der Waals surface area contributed by atoms with Crippen molar-refractivity contribution in [3.63, 3.8) is 0 Å². The monoisotopic (exact) mass is 427 g/mol. The fourth-order valence-corrected chi connectivity index (χ4v) is 5.50. The molecule has 3 aliphatic heterocycles. The number of morpholine rings is 1. The second kappa shape index (κ2) is 10.1. The van der Waals surface area contributed by atoms with Gasteiger partial charge in [-0.05, 0) is 50.1 Å². The maximum absolute atomic E-state index is 13.9. The van der Waals surface area contributed by atoms with E-state index in [1.807, 2.05) is 23.1 Å². The quantitative estimate of drug-likeness (QED) is 0.725. The van der Waals surface area contributed by atoms with E-state index in [2.05, 4.69) is 21.9 Å². The second-order valence-electron chi connectivity index (χ2n) is 9.43. The summed E-state index contributed by atoms with van der Waals surface area (Å²) in [5.41, 5.74) is 0.617. The molecule has 3 aliphatic rings. The molecule has 0 aliphatic carbocycles. The van der Waals surface area contributed by atoms with Crippen molar-refractivity contribution >= 4 is 11.8 Å². The van der Waals surface area contributed by atoms with Gasteiger partial charge in [0.2, 0.25) is 11.8 Å². The Hall–Kier alpha value is -1.92. The summed E-state index contributed by atoms with van der Waals surface area (Å²) in [5, 5.41) is 0. The molecule has 0 N–H and O–H groups in total. The van der Waals surface area contributed by atoms with Gasteiger partial charge in [-0.25, -0.2) is 0 Å². The van der Waals surface area contributed by atoms with Crippen molar-refractivity contribution in [2.24, 2.45) is 5.92 Å². The fraction of sp³-hybridized carbons (Fsp3) is 0.680. The molecule has 6 nitrogen and oxygen atoms in total. The van der Waals surface area contributed by atoms with Crippen molar-refractivity contribution in [3.05, 3.63) is 35.9 Å². The Bertz CT molecular complexity index is 732. The number of nitrogens with zero attached hydrogens (tertiary/aromatic N) is 3. The number of benzene rings is 1. The second-order valence-corrected chi connectivity index (χ2v) is 9.43. The summed E-state index contributed by atoms with van der Waals surface area (Å²) < 4.78 is 5.45. The highest BCUT2D eigenvalue weighted by Gasteiger charge is 2.45. The number of rotatable bonds is 5. The molecule has 2 amide bonds. The van der Waals surface area contributed by atoms with Gasteiger partial charge < -0.3 is 14.5 Å². The summed E-state index contributed by atoms with van der Waals surface area (Å²) in [5.74, 6) is 1.09. The van der Waals surface area contributed by atoms with E-state index in [0.29, 0.717) is 31.8 Å². The summed E-state index contributed by atoms with van der Waals surface area (Å²) in [7, 11) is 0. The average molecular weight is 428 g/mol. The Morgan fingerprint density at radius 3 is 2.19 bits per heavy atom. The summed E-state index contributed by atoms with van der Waals surface area (Å²) >= 11 is 0. The molecule has 31 heavy (non-hydrogen) atoms. The lowest BCUT2D eigenvalue weighted by molar-refractivity contribution is -0.143. The highest BCUT2D eigenvalue weighted by Crippen LogP contribution is 2.38. The van der Waals surface area contributed by atoms with Crippen LogP contribution < -0.4 is 0 Å². The number of likely N-dealkylation sites (tertiary alicyclic amines) is 2. The first-order valence-electron chi connectivity index (χ1n) is 12.0. The largest absolute Gasteiger partial charge is 0.379 e. The van der Waals surface area contributed by atoms with Gasteiger partial charge in [0.05, 0.1) is 18.6 Å². The molecule has 3 fully saturated rings.